The van der Waals surface area contributed by atoms with Crippen LogP contribution in [0.15, 0.2) is 42.5 Å². The number of nitrogens with zero attached hydrogens (tertiary/aromatic N) is 4. The minimum Gasteiger partial charge on any atom is -0.484 e. The molecule has 3 rings (SSSR count). The number of hydrogen-bond donors (Lipinski definition) is 1. The van der Waals surface area contributed by atoms with Crippen LogP contribution in [-0.4, -0.2) is 32.7 Å². The van der Waals surface area contributed by atoms with Crippen LogP contribution < -0.4 is 10.1 Å². The molecule has 2 aromatic carbocycles. The molecule has 0 bridgehead atoms. The summed E-state index contributed by atoms with van der Waals surface area (Å²) in [6.45, 7) is -0.233. The highest BCUT2D eigenvalue weighted by Crippen LogP contribution is 2.15. The second kappa shape index (κ2) is 7.87. The van der Waals surface area contributed by atoms with E-state index in [1.165, 1.54) is 10.7 Å². The SMILES string of the molecule is O=C(COc1ccc(Cl)cc1)NCc1nnnn1-c1ccc(F)c(F)c1. The molecule has 134 valence electrons. The highest BCUT2D eigenvalue weighted by Gasteiger charge is 2.12. The Morgan fingerprint density at radius 2 is 1.92 bits per heavy atom. The molecule has 0 aliphatic carbocycles. The van der Waals surface area contributed by atoms with E-state index in [4.69, 9.17) is 16.3 Å². The number of hydrogen-bond acceptors (Lipinski definition) is 5. The Hall–Kier alpha value is -3.07. The Morgan fingerprint density at radius 3 is 2.65 bits per heavy atom. The van der Waals surface area contributed by atoms with Crippen LogP contribution in [0.25, 0.3) is 5.69 Å². The second-order valence-corrected chi connectivity index (χ2v) is 5.56. The zero-order chi connectivity index (χ0) is 18.5. The van der Waals surface area contributed by atoms with Gasteiger partial charge in [-0.1, -0.05) is 11.6 Å². The van der Waals surface area contributed by atoms with E-state index in [0.29, 0.717) is 10.8 Å². The van der Waals surface area contributed by atoms with Crippen molar-refractivity contribution in [3.63, 3.8) is 0 Å². The fourth-order valence-electron chi connectivity index (χ4n) is 2.04. The zero-order valence-corrected chi connectivity index (χ0v) is 14.0. The lowest BCUT2D eigenvalue weighted by atomic mass is 10.3. The first-order chi connectivity index (χ1) is 12.5. The van der Waals surface area contributed by atoms with Gasteiger partial charge in [0.15, 0.2) is 24.1 Å². The van der Waals surface area contributed by atoms with Crippen molar-refractivity contribution >= 4 is 17.5 Å². The third-order valence-corrected chi connectivity index (χ3v) is 3.56. The van der Waals surface area contributed by atoms with E-state index >= 15 is 0 Å². The molecule has 1 heterocycles. The van der Waals surface area contributed by atoms with Gasteiger partial charge < -0.3 is 10.1 Å². The molecule has 0 aliphatic heterocycles. The fraction of sp³-hybridized carbons (Fsp3) is 0.125. The van der Waals surface area contributed by atoms with Crippen LogP contribution in [-0.2, 0) is 11.3 Å². The van der Waals surface area contributed by atoms with Gasteiger partial charge in [0.05, 0.1) is 12.2 Å². The maximum atomic E-state index is 13.4. The third kappa shape index (κ3) is 4.31. The number of tetrazole rings is 1. The Kier molecular flexibility index (Phi) is 5.37. The third-order valence-electron chi connectivity index (χ3n) is 3.31. The van der Waals surface area contributed by atoms with Crippen LogP contribution >= 0.6 is 11.6 Å². The molecule has 0 saturated carbocycles. The van der Waals surface area contributed by atoms with Crippen molar-refractivity contribution in [2.24, 2.45) is 0 Å². The van der Waals surface area contributed by atoms with Crippen LogP contribution in [0.4, 0.5) is 8.78 Å². The number of amides is 1. The van der Waals surface area contributed by atoms with Gasteiger partial charge in [-0.25, -0.2) is 8.78 Å². The Balaban J connectivity index is 1.58. The molecule has 0 saturated heterocycles. The minimum atomic E-state index is -1.02. The fourth-order valence-corrected chi connectivity index (χ4v) is 2.17. The molecule has 0 fully saturated rings. The summed E-state index contributed by atoms with van der Waals surface area (Å²) in [5, 5.41) is 14.1. The summed E-state index contributed by atoms with van der Waals surface area (Å²) in [6, 6.07) is 9.81. The first kappa shape index (κ1) is 17.7. The molecule has 3 aromatic rings. The average molecular weight is 380 g/mol. The van der Waals surface area contributed by atoms with Gasteiger partial charge in [-0.05, 0) is 46.8 Å². The number of rotatable bonds is 6. The predicted octanol–water partition coefficient (Wildman–Crippen LogP) is 2.29. The summed E-state index contributed by atoms with van der Waals surface area (Å²) in [6.07, 6.45) is 0. The average Bonchev–Trinajstić information content (AvgIpc) is 3.10. The molecule has 0 aliphatic rings. The normalized spacial score (nSPS) is 10.6. The summed E-state index contributed by atoms with van der Waals surface area (Å²) in [5.74, 6) is -1.66. The first-order valence-corrected chi connectivity index (χ1v) is 7.78. The molecule has 1 N–H and O–H groups in total. The van der Waals surface area contributed by atoms with E-state index < -0.39 is 17.5 Å². The lowest BCUT2D eigenvalue weighted by Crippen LogP contribution is -2.29. The Labute approximate surface area is 151 Å². The summed E-state index contributed by atoms with van der Waals surface area (Å²) in [5.41, 5.74) is 0.232. The van der Waals surface area contributed by atoms with Crippen LogP contribution in [0, 0.1) is 11.6 Å². The minimum absolute atomic E-state index is 0.0190. The summed E-state index contributed by atoms with van der Waals surface area (Å²) in [4.78, 5) is 11.9. The van der Waals surface area contributed by atoms with Crippen molar-refractivity contribution < 1.29 is 18.3 Å². The topological polar surface area (TPSA) is 81.9 Å². The number of ether oxygens (including phenoxy) is 1. The summed E-state index contributed by atoms with van der Waals surface area (Å²) >= 11 is 5.76. The summed E-state index contributed by atoms with van der Waals surface area (Å²) in [7, 11) is 0. The number of carbonyl (C=O) groups excluding carboxylic acids is 1. The van der Waals surface area contributed by atoms with Crippen molar-refractivity contribution in [3.05, 3.63) is 64.9 Å². The predicted molar refractivity (Wildman–Crippen MR) is 87.9 cm³/mol. The maximum Gasteiger partial charge on any atom is 0.258 e. The van der Waals surface area contributed by atoms with Crippen LogP contribution in [0.5, 0.6) is 5.75 Å². The quantitative estimate of drug-likeness (QED) is 0.710. The molecule has 10 heteroatoms. The van der Waals surface area contributed by atoms with E-state index in [2.05, 4.69) is 20.8 Å². The Morgan fingerprint density at radius 1 is 1.15 bits per heavy atom. The molecule has 0 spiro atoms. The molecule has 7 nitrogen and oxygen atoms in total. The molecule has 0 radical (unpaired) electrons. The molecular formula is C16H12ClF2N5O2. The van der Waals surface area contributed by atoms with E-state index in [-0.39, 0.29) is 24.7 Å². The van der Waals surface area contributed by atoms with Crippen molar-refractivity contribution in [1.82, 2.24) is 25.5 Å². The number of aromatic nitrogens is 4. The van der Waals surface area contributed by atoms with Gasteiger partial charge in [0.1, 0.15) is 5.75 Å². The van der Waals surface area contributed by atoms with Gasteiger partial charge in [0.25, 0.3) is 5.91 Å². The van der Waals surface area contributed by atoms with Gasteiger partial charge in [-0.3, -0.25) is 4.79 Å². The van der Waals surface area contributed by atoms with Crippen molar-refractivity contribution in [2.75, 3.05) is 6.61 Å². The van der Waals surface area contributed by atoms with Gasteiger partial charge in [-0.2, -0.15) is 4.68 Å². The second-order valence-electron chi connectivity index (χ2n) is 5.12. The zero-order valence-electron chi connectivity index (χ0n) is 13.2. The molecule has 0 atom stereocenters. The first-order valence-electron chi connectivity index (χ1n) is 7.40. The van der Waals surface area contributed by atoms with Crippen molar-refractivity contribution in [2.45, 2.75) is 6.54 Å². The van der Waals surface area contributed by atoms with E-state index in [9.17, 15) is 13.6 Å². The largest absolute Gasteiger partial charge is 0.484 e. The van der Waals surface area contributed by atoms with Gasteiger partial charge in [0.2, 0.25) is 0 Å². The lowest BCUT2D eigenvalue weighted by molar-refractivity contribution is -0.123. The lowest BCUT2D eigenvalue weighted by Gasteiger charge is -2.08. The number of benzene rings is 2. The summed E-state index contributed by atoms with van der Waals surface area (Å²) < 4.78 is 32.9. The number of nitrogens with one attached hydrogen (secondary N) is 1. The Bertz CT molecular complexity index is 917. The molecular weight excluding hydrogens is 368 g/mol. The molecule has 1 amide bonds. The highest BCUT2D eigenvalue weighted by atomic mass is 35.5. The monoisotopic (exact) mass is 379 g/mol. The number of halogens is 3. The number of carbonyl (C=O) groups is 1. The van der Waals surface area contributed by atoms with Crippen LogP contribution in [0.3, 0.4) is 0 Å². The smallest absolute Gasteiger partial charge is 0.258 e. The standard InChI is InChI=1S/C16H12ClF2N5O2/c17-10-1-4-12(5-2-10)26-9-16(25)20-8-15-21-22-23-24(15)11-3-6-13(18)14(19)7-11/h1-7H,8-9H2,(H,20,25). The van der Waals surface area contributed by atoms with Crippen LogP contribution in [0.2, 0.25) is 5.02 Å². The maximum absolute atomic E-state index is 13.4. The van der Waals surface area contributed by atoms with Crippen LogP contribution in [0.1, 0.15) is 5.82 Å². The van der Waals surface area contributed by atoms with E-state index in [1.54, 1.807) is 24.3 Å². The molecule has 1 aromatic heterocycles. The van der Waals surface area contributed by atoms with Crippen molar-refractivity contribution in [3.8, 4) is 11.4 Å². The van der Waals surface area contributed by atoms with Gasteiger partial charge in [-0.15, -0.1) is 5.10 Å². The molecule has 26 heavy (non-hydrogen) atoms. The molecule has 0 unspecified atom stereocenters. The van der Waals surface area contributed by atoms with Gasteiger partial charge >= 0.3 is 0 Å². The van der Waals surface area contributed by atoms with E-state index in [0.717, 1.165) is 12.1 Å². The van der Waals surface area contributed by atoms with Crippen molar-refractivity contribution in [1.29, 1.82) is 0 Å². The van der Waals surface area contributed by atoms with Gasteiger partial charge in [0, 0.05) is 11.1 Å². The highest BCUT2D eigenvalue weighted by molar-refractivity contribution is 6.30. The van der Waals surface area contributed by atoms with E-state index in [1.807, 2.05) is 0 Å².